The van der Waals surface area contributed by atoms with E-state index in [4.69, 9.17) is 0 Å². The highest BCUT2D eigenvalue weighted by atomic mass is 32.1. The Morgan fingerprint density at radius 3 is 1.50 bits per heavy atom. The molecule has 0 saturated heterocycles. The monoisotopic (exact) mass is 326 g/mol. The quantitative estimate of drug-likeness (QED) is 0.482. The number of fused-ring (bicyclic) bond motifs is 2. The van der Waals surface area contributed by atoms with Gasteiger partial charge in [-0.15, -0.1) is 10.2 Å². The molecule has 0 aliphatic carbocycles. The number of aryl methyl sites for hydroxylation is 2. The van der Waals surface area contributed by atoms with Crippen molar-refractivity contribution in [3.8, 4) is 0 Å². The van der Waals surface area contributed by atoms with Gasteiger partial charge in [0.15, 0.2) is 0 Å². The number of hydrogen-bond acceptors (Lipinski definition) is 4. The Balaban J connectivity index is 1.94. The van der Waals surface area contributed by atoms with Crippen molar-refractivity contribution in [1.82, 2.24) is 9.13 Å². The molecule has 22 heavy (non-hydrogen) atoms. The molecule has 2 aromatic carbocycles. The minimum absolute atomic E-state index is 0.902. The van der Waals surface area contributed by atoms with Crippen molar-refractivity contribution < 1.29 is 0 Å². The maximum Gasteiger partial charge on any atom is 0.211 e. The predicted molar refractivity (Wildman–Crippen MR) is 92.7 cm³/mol. The van der Waals surface area contributed by atoms with E-state index >= 15 is 0 Å². The summed E-state index contributed by atoms with van der Waals surface area (Å²) in [4.78, 5) is 1.80. The zero-order chi connectivity index (χ0) is 15.1. The van der Waals surface area contributed by atoms with E-state index < -0.39 is 0 Å². The summed E-state index contributed by atoms with van der Waals surface area (Å²) in [6.45, 7) is 0. The summed E-state index contributed by atoms with van der Waals surface area (Å²) in [6.07, 6.45) is 0. The molecule has 0 aliphatic heterocycles. The van der Waals surface area contributed by atoms with Gasteiger partial charge in [-0.3, -0.25) is 0 Å². The molecule has 0 radical (unpaired) electrons. The molecule has 0 bridgehead atoms. The first kappa shape index (κ1) is 13.5. The fraction of sp³-hybridized carbons (Fsp3) is 0.125. The first-order chi connectivity index (χ1) is 10.7. The first-order valence-corrected chi connectivity index (χ1v) is 8.54. The summed E-state index contributed by atoms with van der Waals surface area (Å²) < 4.78 is 6.60. The molecule has 6 heteroatoms. The van der Waals surface area contributed by atoms with Gasteiger partial charge in [0.25, 0.3) is 0 Å². The Labute approximate surface area is 134 Å². The molecule has 4 rings (SSSR count). The number of para-hydroxylation sites is 2. The number of benzene rings is 2. The molecule has 0 N–H and O–H groups in total. The third kappa shape index (κ3) is 2.12. The van der Waals surface area contributed by atoms with Crippen molar-refractivity contribution in [3.05, 3.63) is 58.1 Å². The molecule has 4 aromatic rings. The predicted octanol–water partition coefficient (Wildman–Crippen LogP) is 3.21. The molecular formula is C16H14N4S2. The molecule has 0 saturated carbocycles. The van der Waals surface area contributed by atoms with E-state index in [2.05, 4.69) is 43.6 Å². The lowest BCUT2D eigenvalue weighted by atomic mass is 10.3. The maximum absolute atomic E-state index is 4.47. The summed E-state index contributed by atoms with van der Waals surface area (Å²) in [5.74, 6) is 0. The van der Waals surface area contributed by atoms with Crippen LogP contribution in [0.5, 0.6) is 0 Å². The molecule has 4 nitrogen and oxygen atoms in total. The van der Waals surface area contributed by atoms with E-state index in [9.17, 15) is 0 Å². The topological polar surface area (TPSA) is 34.6 Å². The van der Waals surface area contributed by atoms with E-state index in [1.165, 1.54) is 20.4 Å². The lowest BCUT2D eigenvalue weighted by molar-refractivity contribution is 0.845. The Morgan fingerprint density at radius 1 is 0.682 bits per heavy atom. The fourth-order valence-electron chi connectivity index (χ4n) is 2.44. The summed E-state index contributed by atoms with van der Waals surface area (Å²) in [7, 11) is 4.05. The van der Waals surface area contributed by atoms with E-state index in [1.54, 1.807) is 22.7 Å². The van der Waals surface area contributed by atoms with Crippen LogP contribution in [0.4, 0.5) is 0 Å². The van der Waals surface area contributed by atoms with Crippen LogP contribution in [0.25, 0.3) is 20.4 Å². The van der Waals surface area contributed by atoms with Gasteiger partial charge in [-0.2, -0.15) is 0 Å². The maximum atomic E-state index is 4.47. The smallest absolute Gasteiger partial charge is 0.211 e. The van der Waals surface area contributed by atoms with Gasteiger partial charge >= 0.3 is 0 Å². The van der Waals surface area contributed by atoms with Crippen LogP contribution in [0, 0.1) is 0 Å². The third-order valence-electron chi connectivity index (χ3n) is 3.65. The third-order valence-corrected chi connectivity index (χ3v) is 5.86. The average Bonchev–Trinajstić information content (AvgIpc) is 3.04. The highest BCUT2D eigenvalue weighted by Crippen LogP contribution is 2.16. The summed E-state index contributed by atoms with van der Waals surface area (Å²) in [6, 6.07) is 16.6. The summed E-state index contributed by atoms with van der Waals surface area (Å²) >= 11 is 3.31. The van der Waals surface area contributed by atoms with Gasteiger partial charge in [-0.05, 0) is 24.3 Å². The molecule has 0 fully saturated rings. The van der Waals surface area contributed by atoms with Crippen LogP contribution in [0.2, 0.25) is 0 Å². The number of hydrogen-bond donors (Lipinski definition) is 0. The standard InChI is InChI=1S/C16H14N4S2/c1-19-11-7-3-5-9-13(11)21-15(19)17-18-16-20(2)12-8-4-6-10-14(12)22-16/h3-10H,1-2H3/b17-15-,18-16-. The second-order valence-electron chi connectivity index (χ2n) is 5.02. The van der Waals surface area contributed by atoms with Crippen molar-refractivity contribution >= 4 is 43.1 Å². The van der Waals surface area contributed by atoms with E-state index in [0.717, 1.165) is 9.60 Å². The molecule has 0 unspecified atom stereocenters. The van der Waals surface area contributed by atoms with Crippen LogP contribution in [0.15, 0.2) is 58.7 Å². The van der Waals surface area contributed by atoms with E-state index in [-0.39, 0.29) is 0 Å². The number of thiazole rings is 2. The van der Waals surface area contributed by atoms with Crippen LogP contribution in [-0.2, 0) is 14.1 Å². The molecule has 0 amide bonds. The molecule has 0 spiro atoms. The molecule has 0 atom stereocenters. The summed E-state index contributed by atoms with van der Waals surface area (Å²) in [5, 5.41) is 8.93. The Morgan fingerprint density at radius 2 is 1.09 bits per heavy atom. The normalized spacial score (nSPS) is 13.5. The molecular weight excluding hydrogens is 312 g/mol. The molecule has 2 heterocycles. The SMILES string of the molecule is Cn1/c(=N/N=c2\sc3ccccc3n2C)sc2ccccc21. The highest BCUT2D eigenvalue weighted by molar-refractivity contribution is 7.16. The van der Waals surface area contributed by atoms with Gasteiger partial charge in [0.1, 0.15) is 0 Å². The second-order valence-corrected chi connectivity index (χ2v) is 7.04. The zero-order valence-corrected chi connectivity index (χ0v) is 13.9. The van der Waals surface area contributed by atoms with E-state index in [0.29, 0.717) is 0 Å². The van der Waals surface area contributed by atoms with Gasteiger partial charge in [-0.25, -0.2) is 0 Å². The van der Waals surface area contributed by atoms with Crippen LogP contribution in [0.3, 0.4) is 0 Å². The van der Waals surface area contributed by atoms with Crippen molar-refractivity contribution in [2.45, 2.75) is 0 Å². The van der Waals surface area contributed by atoms with Crippen LogP contribution in [0.1, 0.15) is 0 Å². The van der Waals surface area contributed by atoms with E-state index in [1.807, 2.05) is 38.4 Å². The molecule has 2 aromatic heterocycles. The van der Waals surface area contributed by atoms with Crippen molar-refractivity contribution in [3.63, 3.8) is 0 Å². The largest absolute Gasteiger partial charge is 0.318 e. The van der Waals surface area contributed by atoms with Crippen molar-refractivity contribution in [2.24, 2.45) is 24.3 Å². The van der Waals surface area contributed by atoms with Crippen LogP contribution < -0.4 is 9.60 Å². The summed E-state index contributed by atoms with van der Waals surface area (Å²) in [5.41, 5.74) is 2.37. The lowest BCUT2D eigenvalue weighted by Gasteiger charge is -1.93. The number of nitrogens with zero attached hydrogens (tertiary/aromatic N) is 4. The molecule has 110 valence electrons. The number of rotatable bonds is 1. The van der Waals surface area contributed by atoms with Gasteiger partial charge in [0.2, 0.25) is 9.60 Å². The minimum atomic E-state index is 0.902. The Bertz CT molecular complexity index is 1020. The first-order valence-electron chi connectivity index (χ1n) is 6.91. The van der Waals surface area contributed by atoms with Gasteiger partial charge in [0, 0.05) is 14.1 Å². The zero-order valence-electron chi connectivity index (χ0n) is 12.2. The molecule has 0 aliphatic rings. The number of aromatic nitrogens is 2. The average molecular weight is 326 g/mol. The van der Waals surface area contributed by atoms with Crippen LogP contribution in [-0.4, -0.2) is 9.13 Å². The van der Waals surface area contributed by atoms with Crippen molar-refractivity contribution in [1.29, 1.82) is 0 Å². The van der Waals surface area contributed by atoms with Gasteiger partial charge < -0.3 is 9.13 Å². The Kier molecular flexibility index (Phi) is 3.20. The second kappa shape index (κ2) is 5.23. The van der Waals surface area contributed by atoms with Gasteiger partial charge in [0.05, 0.1) is 20.4 Å². The Hall–Kier alpha value is -2.18. The van der Waals surface area contributed by atoms with Gasteiger partial charge in [-0.1, -0.05) is 46.9 Å². The highest BCUT2D eigenvalue weighted by Gasteiger charge is 2.02. The minimum Gasteiger partial charge on any atom is -0.318 e. The fourth-order valence-corrected chi connectivity index (χ4v) is 4.38. The lowest BCUT2D eigenvalue weighted by Crippen LogP contribution is -2.12. The van der Waals surface area contributed by atoms with Crippen molar-refractivity contribution in [2.75, 3.05) is 0 Å². The van der Waals surface area contributed by atoms with Crippen LogP contribution >= 0.6 is 22.7 Å².